The molecule has 42 heavy (non-hydrogen) atoms. The van der Waals surface area contributed by atoms with Crippen LogP contribution in [0.15, 0.2) is 70.0 Å². The summed E-state index contributed by atoms with van der Waals surface area (Å²) in [6, 6.07) is 17.8. The van der Waals surface area contributed by atoms with Gasteiger partial charge in [-0.25, -0.2) is 0 Å². The van der Waals surface area contributed by atoms with Crippen molar-refractivity contribution >= 4 is 28.6 Å². The van der Waals surface area contributed by atoms with Gasteiger partial charge in [0.1, 0.15) is 35.2 Å². The zero-order chi connectivity index (χ0) is 30.0. The Bertz CT molecular complexity index is 1780. The molecule has 2 heterocycles. The molecule has 0 saturated heterocycles. The molecule has 2 N–H and O–H groups in total. The van der Waals surface area contributed by atoms with Crippen molar-refractivity contribution in [2.75, 3.05) is 23.7 Å². The van der Waals surface area contributed by atoms with Crippen molar-refractivity contribution in [3.8, 4) is 39.7 Å². The molecule has 0 aliphatic carbocycles. The predicted molar refractivity (Wildman–Crippen MR) is 172 cm³/mol. The number of ether oxygens (including phenoxy) is 2. The van der Waals surface area contributed by atoms with E-state index in [-0.39, 0.29) is 18.8 Å². The molecule has 7 nitrogen and oxygen atoms in total. The number of hydrogen-bond acceptors (Lipinski definition) is 7. The molecule has 8 heteroatoms. The van der Waals surface area contributed by atoms with Crippen LogP contribution in [0.3, 0.4) is 0 Å². The van der Waals surface area contributed by atoms with Crippen molar-refractivity contribution in [1.29, 1.82) is 0 Å². The van der Waals surface area contributed by atoms with Gasteiger partial charge in [-0.3, -0.25) is 4.79 Å². The van der Waals surface area contributed by atoms with E-state index < -0.39 is 0 Å². The number of benzene rings is 3. The third kappa shape index (κ3) is 5.78. The summed E-state index contributed by atoms with van der Waals surface area (Å²) in [6.45, 7) is 10.2. The lowest BCUT2D eigenvalue weighted by Gasteiger charge is -2.17. The number of rotatable bonds is 10. The normalized spacial score (nSPS) is 11.2. The molecule has 218 valence electrons. The average Bonchev–Trinajstić information content (AvgIpc) is 3.42. The van der Waals surface area contributed by atoms with Gasteiger partial charge in [-0.15, -0.1) is 0 Å². The van der Waals surface area contributed by atoms with Crippen LogP contribution < -0.4 is 19.8 Å². The van der Waals surface area contributed by atoms with Gasteiger partial charge in [-0.05, 0) is 86.3 Å². The molecule has 0 saturated carbocycles. The zero-order valence-corrected chi connectivity index (χ0v) is 25.6. The fourth-order valence-corrected chi connectivity index (χ4v) is 5.61. The highest BCUT2D eigenvalue weighted by atomic mass is 32.2. The van der Waals surface area contributed by atoms with Crippen molar-refractivity contribution in [3.63, 3.8) is 0 Å². The minimum Gasteiger partial charge on any atom is -0.491 e. The fraction of sp³-hybridized carbons (Fsp3) is 0.265. The Morgan fingerprint density at radius 3 is 2.31 bits per heavy atom. The number of pyridine rings is 1. The van der Waals surface area contributed by atoms with Gasteiger partial charge in [0.2, 0.25) is 0 Å². The first-order valence-electron chi connectivity index (χ1n) is 14.0. The van der Waals surface area contributed by atoms with Crippen molar-refractivity contribution < 1.29 is 19.0 Å². The van der Waals surface area contributed by atoms with Gasteiger partial charge in [-0.2, -0.15) is 0 Å². The second kappa shape index (κ2) is 12.4. The van der Waals surface area contributed by atoms with E-state index in [2.05, 4.69) is 11.6 Å². The molecule has 2 aromatic heterocycles. The van der Waals surface area contributed by atoms with Gasteiger partial charge in [0.05, 0.1) is 12.0 Å². The monoisotopic (exact) mass is 584 g/mol. The van der Waals surface area contributed by atoms with E-state index in [1.807, 2.05) is 88.5 Å². The number of nitrogens with one attached hydrogen (secondary N) is 1. The van der Waals surface area contributed by atoms with E-state index in [4.69, 9.17) is 13.9 Å². The molecule has 0 atom stereocenters. The van der Waals surface area contributed by atoms with Crippen LogP contribution in [0.2, 0.25) is 0 Å². The Morgan fingerprint density at radius 2 is 1.64 bits per heavy atom. The van der Waals surface area contributed by atoms with Crippen molar-refractivity contribution in [2.24, 2.45) is 7.05 Å². The number of aryl methyl sites for hydroxylation is 5. The van der Waals surface area contributed by atoms with E-state index in [0.717, 1.165) is 61.9 Å². The van der Waals surface area contributed by atoms with E-state index in [0.29, 0.717) is 22.5 Å². The third-order valence-electron chi connectivity index (χ3n) is 7.16. The first kappa shape index (κ1) is 29.4. The highest BCUT2D eigenvalue weighted by Gasteiger charge is 2.21. The molecule has 3 aromatic carbocycles. The smallest absolute Gasteiger partial charge is 0.261 e. The summed E-state index contributed by atoms with van der Waals surface area (Å²) in [7, 11) is 1.75. The van der Waals surface area contributed by atoms with E-state index in [1.165, 1.54) is 0 Å². The molecule has 0 radical (unpaired) electrons. The summed E-state index contributed by atoms with van der Waals surface area (Å²) in [6.07, 6.45) is 1.81. The van der Waals surface area contributed by atoms with Crippen LogP contribution in [0, 0.1) is 27.7 Å². The highest BCUT2D eigenvalue weighted by molar-refractivity contribution is 8.00. The molecular weight excluding hydrogens is 548 g/mol. The number of aliphatic hydroxyl groups excluding tert-OH is 1. The molecular formula is C34H36N2O5S. The SMILES string of the molecule is CCSNc1ccc(Oc2c(C)cccc2C)c(-c2cn(C)c(=O)c3cc(-c4cc(C)c(OCCO)c(C)c4)oc23)c1. The lowest BCUT2D eigenvalue weighted by molar-refractivity contribution is 0.200. The summed E-state index contributed by atoms with van der Waals surface area (Å²) in [5.41, 5.74) is 7.58. The van der Waals surface area contributed by atoms with Gasteiger partial charge >= 0.3 is 0 Å². The summed E-state index contributed by atoms with van der Waals surface area (Å²) in [5.74, 6) is 3.70. The fourth-order valence-electron chi connectivity index (χ4n) is 5.17. The largest absolute Gasteiger partial charge is 0.491 e. The van der Waals surface area contributed by atoms with Crippen LogP contribution in [0.5, 0.6) is 17.2 Å². The number of hydrogen-bond donors (Lipinski definition) is 2. The number of furan rings is 1. The van der Waals surface area contributed by atoms with Crippen LogP contribution in [-0.2, 0) is 7.05 Å². The highest BCUT2D eigenvalue weighted by Crippen LogP contribution is 2.42. The van der Waals surface area contributed by atoms with Crippen molar-refractivity contribution in [2.45, 2.75) is 34.6 Å². The predicted octanol–water partition coefficient (Wildman–Crippen LogP) is 7.94. The molecule has 0 unspecified atom stereocenters. The van der Waals surface area contributed by atoms with E-state index in [1.54, 1.807) is 23.6 Å². The van der Waals surface area contributed by atoms with Crippen molar-refractivity contribution in [1.82, 2.24) is 4.57 Å². The maximum absolute atomic E-state index is 13.3. The standard InChI is InChI=1S/C34H36N2O5S/c1-7-42-35-25-11-12-29(40-32-20(2)9-8-10-21(32)3)26(17-25)28-19-36(6)34(38)27-18-30(41-33(27)28)24-15-22(4)31(23(5)16-24)39-14-13-37/h8-12,15-19,35,37H,7,13-14H2,1-6H3. The Kier molecular flexibility index (Phi) is 8.66. The summed E-state index contributed by atoms with van der Waals surface area (Å²) >= 11 is 1.61. The Balaban J connectivity index is 1.69. The van der Waals surface area contributed by atoms with Crippen molar-refractivity contribution in [3.05, 3.63) is 93.4 Å². The maximum atomic E-state index is 13.3. The van der Waals surface area contributed by atoms with Crippen LogP contribution >= 0.6 is 11.9 Å². The number of nitrogens with zero attached hydrogens (tertiary/aromatic N) is 1. The molecule has 0 fully saturated rings. The number of anilines is 1. The quantitative estimate of drug-likeness (QED) is 0.161. The van der Waals surface area contributed by atoms with Crippen LogP contribution in [0.1, 0.15) is 29.2 Å². The minimum absolute atomic E-state index is 0.0563. The summed E-state index contributed by atoms with van der Waals surface area (Å²) in [4.78, 5) is 13.3. The first-order chi connectivity index (χ1) is 20.2. The Hall–Kier alpha value is -4.14. The van der Waals surface area contributed by atoms with Gasteiger partial charge in [0.15, 0.2) is 0 Å². The number of aliphatic hydroxyl groups is 1. The molecule has 0 bridgehead atoms. The molecule has 5 rings (SSSR count). The van der Waals surface area contributed by atoms with Crippen LogP contribution in [-0.4, -0.2) is 28.6 Å². The van der Waals surface area contributed by atoms with Crippen LogP contribution in [0.4, 0.5) is 5.69 Å². The number of fused-ring (bicyclic) bond motifs is 1. The van der Waals surface area contributed by atoms with Gasteiger partial charge < -0.3 is 28.3 Å². The summed E-state index contributed by atoms with van der Waals surface area (Å²) < 4.78 is 23.8. The number of para-hydroxylation sites is 1. The molecule has 5 aromatic rings. The first-order valence-corrected chi connectivity index (χ1v) is 14.9. The second-order valence-electron chi connectivity index (χ2n) is 10.4. The maximum Gasteiger partial charge on any atom is 0.261 e. The summed E-state index contributed by atoms with van der Waals surface area (Å²) in [5, 5.41) is 9.68. The second-order valence-corrected chi connectivity index (χ2v) is 11.5. The van der Waals surface area contributed by atoms with Gasteiger partial charge in [0, 0.05) is 41.4 Å². The lowest BCUT2D eigenvalue weighted by atomic mass is 10.0. The molecule has 0 amide bonds. The zero-order valence-electron chi connectivity index (χ0n) is 24.8. The van der Waals surface area contributed by atoms with E-state index in [9.17, 15) is 9.90 Å². The van der Waals surface area contributed by atoms with Gasteiger partial charge in [0.25, 0.3) is 5.56 Å². The van der Waals surface area contributed by atoms with E-state index >= 15 is 0 Å². The topological polar surface area (TPSA) is 85.9 Å². The average molecular weight is 585 g/mol. The van der Waals surface area contributed by atoms with Gasteiger partial charge in [-0.1, -0.05) is 37.1 Å². The van der Waals surface area contributed by atoms with Crippen LogP contribution in [0.25, 0.3) is 33.4 Å². The number of aromatic nitrogens is 1. The molecule has 0 aliphatic rings. The molecule has 0 spiro atoms. The minimum atomic E-state index is -0.145. The lowest BCUT2D eigenvalue weighted by Crippen LogP contribution is -2.15. The molecule has 0 aliphatic heterocycles. The Morgan fingerprint density at radius 1 is 0.929 bits per heavy atom. The Labute approximate surface area is 250 Å². The third-order valence-corrected chi connectivity index (χ3v) is 7.83.